The molecule has 3 N–H and O–H groups in total. The molecule has 0 radical (unpaired) electrons. The van der Waals surface area contributed by atoms with Gasteiger partial charge >= 0.3 is 0 Å². The van der Waals surface area contributed by atoms with Gasteiger partial charge in [0.1, 0.15) is 5.82 Å². The van der Waals surface area contributed by atoms with Crippen molar-refractivity contribution in [1.82, 2.24) is 20.0 Å². The van der Waals surface area contributed by atoms with Crippen LogP contribution < -0.4 is 15.4 Å². The number of anilines is 1. The van der Waals surface area contributed by atoms with E-state index in [1.165, 1.54) is 0 Å². The molecule has 0 fully saturated rings. The first-order chi connectivity index (χ1) is 9.74. The Kier molecular flexibility index (Phi) is 6.03. The van der Waals surface area contributed by atoms with Gasteiger partial charge in [0.25, 0.3) is 5.91 Å². The Labute approximate surface area is 124 Å². The monoisotopic (exact) mass is 315 g/mol. The number of hydrogen-bond acceptors (Lipinski definition) is 6. The molecule has 0 saturated heterocycles. The van der Waals surface area contributed by atoms with Crippen molar-refractivity contribution in [1.29, 1.82) is 0 Å². The van der Waals surface area contributed by atoms with Gasteiger partial charge in [0.2, 0.25) is 10.0 Å². The van der Waals surface area contributed by atoms with Crippen LogP contribution in [0.2, 0.25) is 0 Å². The zero-order valence-electron chi connectivity index (χ0n) is 12.6. The van der Waals surface area contributed by atoms with E-state index >= 15 is 0 Å². The molecule has 0 aliphatic carbocycles. The summed E-state index contributed by atoms with van der Waals surface area (Å²) in [7, 11) is -1.58. The van der Waals surface area contributed by atoms with Gasteiger partial charge in [-0.1, -0.05) is 13.8 Å². The first-order valence-electron chi connectivity index (χ1n) is 6.52. The summed E-state index contributed by atoms with van der Waals surface area (Å²) in [6.45, 7) is 4.18. The highest BCUT2D eigenvalue weighted by molar-refractivity contribution is 7.88. The molecule has 0 aromatic carbocycles. The minimum absolute atomic E-state index is 0.106. The minimum atomic E-state index is -3.26. The Morgan fingerprint density at radius 1 is 1.33 bits per heavy atom. The Bertz CT molecular complexity index is 601. The van der Waals surface area contributed by atoms with Crippen LogP contribution in [0, 0.1) is 0 Å². The highest BCUT2D eigenvalue weighted by atomic mass is 32.2. The molecule has 0 aliphatic rings. The highest BCUT2D eigenvalue weighted by Crippen LogP contribution is 2.15. The highest BCUT2D eigenvalue weighted by Gasteiger charge is 2.15. The Hall–Kier alpha value is -1.74. The Balaban J connectivity index is 2.74. The number of carbonyl (C=O) groups is 1. The lowest BCUT2D eigenvalue weighted by molar-refractivity contribution is 0.0949. The molecule has 1 amide bonds. The molecule has 0 spiro atoms. The van der Waals surface area contributed by atoms with Gasteiger partial charge in [0, 0.05) is 26.1 Å². The van der Waals surface area contributed by atoms with Crippen LogP contribution in [0.25, 0.3) is 0 Å². The number of hydrogen-bond donors (Lipinski definition) is 3. The van der Waals surface area contributed by atoms with Crippen LogP contribution in [-0.2, 0) is 10.0 Å². The fourth-order valence-corrected chi connectivity index (χ4v) is 2.00. The average molecular weight is 315 g/mol. The molecule has 1 heterocycles. The van der Waals surface area contributed by atoms with Gasteiger partial charge in [-0.05, 0) is 0 Å². The zero-order valence-corrected chi connectivity index (χ0v) is 13.4. The standard InChI is InChI=1S/C12H21N5O3S/c1-8(2)11-15-7-9(13-3)10(17-11)12(18)14-5-6-16-21(4,19)20/h7-8,13,16H,5-6H2,1-4H3,(H,14,18). The summed E-state index contributed by atoms with van der Waals surface area (Å²) < 4.78 is 24.1. The topological polar surface area (TPSA) is 113 Å². The smallest absolute Gasteiger partial charge is 0.272 e. The molecule has 0 saturated carbocycles. The van der Waals surface area contributed by atoms with Crippen molar-refractivity contribution in [2.75, 3.05) is 31.7 Å². The molecule has 1 aromatic rings. The van der Waals surface area contributed by atoms with Crippen LogP contribution in [0.15, 0.2) is 6.20 Å². The molecular weight excluding hydrogens is 294 g/mol. The van der Waals surface area contributed by atoms with Crippen LogP contribution >= 0.6 is 0 Å². The molecule has 8 nitrogen and oxygen atoms in total. The third kappa shape index (κ3) is 5.64. The van der Waals surface area contributed by atoms with Crippen molar-refractivity contribution in [3.63, 3.8) is 0 Å². The maximum Gasteiger partial charge on any atom is 0.272 e. The number of sulfonamides is 1. The van der Waals surface area contributed by atoms with Crippen LogP contribution in [0.3, 0.4) is 0 Å². The van der Waals surface area contributed by atoms with Crippen LogP contribution in [0.4, 0.5) is 5.69 Å². The maximum absolute atomic E-state index is 12.1. The van der Waals surface area contributed by atoms with E-state index in [1.807, 2.05) is 13.8 Å². The summed E-state index contributed by atoms with van der Waals surface area (Å²) in [5.41, 5.74) is 0.767. The Morgan fingerprint density at radius 2 is 2.00 bits per heavy atom. The number of nitrogens with zero attached hydrogens (tertiary/aromatic N) is 2. The summed E-state index contributed by atoms with van der Waals surface area (Å²) in [6, 6.07) is 0. The molecule has 0 unspecified atom stereocenters. The first-order valence-corrected chi connectivity index (χ1v) is 8.41. The number of carbonyl (C=O) groups excluding carboxylic acids is 1. The van der Waals surface area contributed by atoms with Crippen LogP contribution in [-0.4, -0.2) is 50.7 Å². The van der Waals surface area contributed by atoms with Gasteiger partial charge in [-0.2, -0.15) is 0 Å². The van der Waals surface area contributed by atoms with Gasteiger partial charge in [-0.15, -0.1) is 0 Å². The van der Waals surface area contributed by atoms with E-state index in [-0.39, 0.29) is 30.6 Å². The second kappa shape index (κ2) is 7.32. The molecule has 0 aliphatic heterocycles. The van der Waals surface area contributed by atoms with Gasteiger partial charge in [0.05, 0.1) is 18.1 Å². The fraction of sp³-hybridized carbons (Fsp3) is 0.583. The van der Waals surface area contributed by atoms with Crippen molar-refractivity contribution >= 4 is 21.6 Å². The number of rotatable bonds is 7. The van der Waals surface area contributed by atoms with E-state index in [4.69, 9.17) is 0 Å². The third-order valence-electron chi connectivity index (χ3n) is 2.58. The largest absolute Gasteiger partial charge is 0.385 e. The Morgan fingerprint density at radius 3 is 2.52 bits per heavy atom. The molecule has 1 rings (SSSR count). The molecule has 0 atom stereocenters. The molecule has 0 bridgehead atoms. The number of nitrogens with one attached hydrogen (secondary N) is 3. The SMILES string of the molecule is CNc1cnc(C(C)C)nc1C(=O)NCCNS(C)(=O)=O. The zero-order chi connectivity index (χ0) is 16.0. The van der Waals surface area contributed by atoms with Crippen molar-refractivity contribution in [2.45, 2.75) is 19.8 Å². The maximum atomic E-state index is 12.1. The third-order valence-corrected chi connectivity index (χ3v) is 3.31. The number of aromatic nitrogens is 2. The van der Waals surface area contributed by atoms with Crippen LogP contribution in [0.1, 0.15) is 36.1 Å². The molecule has 1 aromatic heterocycles. The lowest BCUT2D eigenvalue weighted by Gasteiger charge is -2.11. The summed E-state index contributed by atoms with van der Waals surface area (Å²) in [6.07, 6.45) is 2.62. The van der Waals surface area contributed by atoms with E-state index in [1.54, 1.807) is 13.2 Å². The van der Waals surface area contributed by atoms with Crippen molar-refractivity contribution < 1.29 is 13.2 Å². The fourth-order valence-electron chi connectivity index (χ4n) is 1.53. The minimum Gasteiger partial charge on any atom is -0.385 e. The van der Waals surface area contributed by atoms with Gasteiger partial charge in [-0.25, -0.2) is 23.1 Å². The van der Waals surface area contributed by atoms with Gasteiger partial charge in [0.15, 0.2) is 5.69 Å². The molecule has 118 valence electrons. The van der Waals surface area contributed by atoms with E-state index in [0.29, 0.717) is 11.5 Å². The summed E-state index contributed by atoms with van der Waals surface area (Å²) in [5.74, 6) is 0.307. The predicted molar refractivity (Wildman–Crippen MR) is 80.8 cm³/mol. The lowest BCUT2D eigenvalue weighted by Crippen LogP contribution is -2.35. The molecule has 21 heavy (non-hydrogen) atoms. The van der Waals surface area contributed by atoms with Crippen molar-refractivity contribution in [2.24, 2.45) is 0 Å². The van der Waals surface area contributed by atoms with E-state index in [9.17, 15) is 13.2 Å². The van der Waals surface area contributed by atoms with E-state index < -0.39 is 10.0 Å². The van der Waals surface area contributed by atoms with Crippen molar-refractivity contribution in [3.05, 3.63) is 17.7 Å². The van der Waals surface area contributed by atoms with Crippen LogP contribution in [0.5, 0.6) is 0 Å². The predicted octanol–water partition coefficient (Wildman–Crippen LogP) is -0.0793. The number of amides is 1. The van der Waals surface area contributed by atoms with Crippen molar-refractivity contribution in [3.8, 4) is 0 Å². The normalized spacial score (nSPS) is 11.5. The van der Waals surface area contributed by atoms with E-state index in [2.05, 4.69) is 25.3 Å². The molecule has 9 heteroatoms. The second-order valence-corrected chi connectivity index (χ2v) is 6.65. The summed E-state index contributed by atoms with van der Waals surface area (Å²) in [5, 5.41) is 5.48. The first kappa shape index (κ1) is 17.3. The molecular formula is C12H21N5O3S. The van der Waals surface area contributed by atoms with Gasteiger partial charge < -0.3 is 10.6 Å². The van der Waals surface area contributed by atoms with E-state index in [0.717, 1.165) is 6.26 Å². The lowest BCUT2D eigenvalue weighted by atomic mass is 10.2. The van der Waals surface area contributed by atoms with Gasteiger partial charge in [-0.3, -0.25) is 4.79 Å². The quantitative estimate of drug-likeness (QED) is 0.607. The second-order valence-electron chi connectivity index (χ2n) is 4.82. The summed E-state index contributed by atoms with van der Waals surface area (Å²) >= 11 is 0. The average Bonchev–Trinajstić information content (AvgIpc) is 2.41. The summed E-state index contributed by atoms with van der Waals surface area (Å²) in [4.78, 5) is 20.5.